The van der Waals surface area contributed by atoms with Crippen molar-refractivity contribution < 1.29 is 0 Å². The third kappa shape index (κ3) is 6.07. The van der Waals surface area contributed by atoms with E-state index in [2.05, 4.69) is 191 Å². The van der Waals surface area contributed by atoms with Gasteiger partial charge in [-0.05, 0) is 0 Å². The van der Waals surface area contributed by atoms with Crippen molar-refractivity contribution in [1.29, 1.82) is 0 Å². The summed E-state index contributed by atoms with van der Waals surface area (Å²) in [5.41, 5.74) is 0. The molecule has 0 spiro atoms. The number of hydrogen-bond acceptors (Lipinski definition) is 0. The van der Waals surface area contributed by atoms with Crippen molar-refractivity contribution in [1.82, 2.24) is 0 Å². The summed E-state index contributed by atoms with van der Waals surface area (Å²) in [6.07, 6.45) is 4.72. The molecule has 0 nitrogen and oxygen atoms in total. The molecule has 0 radical (unpaired) electrons. The van der Waals surface area contributed by atoms with Crippen LogP contribution in [0.4, 0.5) is 0 Å². The molecular weight excluding hydrogens is 621 g/mol. The molecule has 0 bridgehead atoms. The average molecular weight is 668 g/mol. The van der Waals surface area contributed by atoms with Crippen molar-refractivity contribution in [2.75, 3.05) is 12.3 Å². The Labute approximate surface area is 285 Å². The van der Waals surface area contributed by atoms with Crippen LogP contribution >= 0.6 is 22.5 Å². The van der Waals surface area contributed by atoms with Gasteiger partial charge in [-0.15, -0.1) is 0 Å². The van der Waals surface area contributed by atoms with E-state index in [1.165, 1.54) is 69.8 Å². The van der Waals surface area contributed by atoms with E-state index in [1.807, 2.05) is 0 Å². The summed E-state index contributed by atoms with van der Waals surface area (Å²) in [7, 11) is 1.75. The third-order valence-corrected chi connectivity index (χ3v) is 24.4. The van der Waals surface area contributed by atoms with Crippen LogP contribution in [0.25, 0.3) is 0 Å². The molecule has 0 N–H and O–H groups in total. The molecule has 7 rings (SSSR count). The molecule has 3 heteroatoms. The van der Waals surface area contributed by atoms with Gasteiger partial charge >= 0.3 is 286 Å². The van der Waals surface area contributed by atoms with Gasteiger partial charge in [-0.1, -0.05) is 0 Å². The van der Waals surface area contributed by atoms with Crippen LogP contribution in [0.5, 0.6) is 0 Å². The summed E-state index contributed by atoms with van der Waals surface area (Å²) in [5, 5.41) is 8.95. The van der Waals surface area contributed by atoms with E-state index >= 15 is 0 Å². The summed E-state index contributed by atoms with van der Waals surface area (Å²) >= 11 is 0. The molecule has 0 heterocycles. The molecule has 1 saturated carbocycles. The molecule has 6 aromatic carbocycles. The van der Waals surface area contributed by atoms with E-state index in [9.17, 15) is 0 Å². The second-order valence-corrected chi connectivity index (χ2v) is 25.1. The van der Waals surface area contributed by atoms with E-state index < -0.39 is 13.6 Å². The quantitative estimate of drug-likeness (QED) is 0.128. The molecule has 6 aromatic rings. The van der Waals surface area contributed by atoms with Gasteiger partial charge in [0.05, 0.1) is 0 Å². The van der Waals surface area contributed by atoms with Crippen molar-refractivity contribution in [2.45, 2.75) is 25.7 Å². The normalized spacial score (nSPS) is 17.8. The molecule has 1 aliphatic rings. The van der Waals surface area contributed by atoms with Crippen LogP contribution in [0.1, 0.15) is 25.7 Å². The molecule has 1 aliphatic carbocycles. The maximum absolute atomic E-state index is 3.59. The van der Waals surface area contributed by atoms with E-state index in [0.717, 1.165) is 0 Å². The molecule has 1 atom stereocenters. The molecule has 47 heavy (non-hydrogen) atoms. The van der Waals surface area contributed by atoms with Crippen molar-refractivity contribution >= 4 is 54.3 Å². The fourth-order valence-electron chi connectivity index (χ4n) is 8.40. The fraction of sp³-hybridized carbons (Fsp3) is 0.182. The van der Waals surface area contributed by atoms with Gasteiger partial charge in [0.25, 0.3) is 0 Å². The summed E-state index contributed by atoms with van der Waals surface area (Å²) < 4.78 is 0. The average Bonchev–Trinajstić information content (AvgIpc) is 3.17. The monoisotopic (exact) mass is 667 g/mol. The Balaban J connectivity index is 1.24. The van der Waals surface area contributed by atoms with Crippen LogP contribution in [-0.2, 0) is 0 Å². The number of benzene rings is 6. The predicted octanol–water partition coefficient (Wildman–Crippen LogP) is 9.11. The van der Waals surface area contributed by atoms with Gasteiger partial charge in [0.1, 0.15) is 0 Å². The van der Waals surface area contributed by atoms with Crippen LogP contribution in [0.15, 0.2) is 182 Å². The Hall–Kier alpha value is -3.39. The third-order valence-electron chi connectivity index (χ3n) is 10.8. The van der Waals surface area contributed by atoms with E-state index in [-0.39, 0.29) is 0 Å². The zero-order chi connectivity index (χ0) is 32.0. The summed E-state index contributed by atoms with van der Waals surface area (Å²) in [6.45, 7) is 0. The Morgan fingerprint density at radius 2 is 0.681 bits per heavy atom. The first-order valence-corrected chi connectivity index (χ1v) is 23.2. The van der Waals surface area contributed by atoms with E-state index in [4.69, 9.17) is 0 Å². The van der Waals surface area contributed by atoms with Gasteiger partial charge in [0.2, 0.25) is 0 Å². The summed E-state index contributed by atoms with van der Waals surface area (Å²) in [5.74, 6) is 1.36. The number of hydrogen-bond donors (Lipinski definition) is 0. The first-order chi connectivity index (χ1) is 23.1. The first-order valence-electron chi connectivity index (χ1n) is 17.1. The first kappa shape index (κ1) is 32.2. The Morgan fingerprint density at radius 3 is 1.00 bits per heavy atom. The van der Waals surface area contributed by atoms with Crippen LogP contribution in [0.3, 0.4) is 0 Å². The van der Waals surface area contributed by atoms with E-state index in [1.54, 1.807) is 0 Å². The molecule has 0 aromatic heterocycles. The van der Waals surface area contributed by atoms with Crippen LogP contribution in [0.2, 0.25) is 0 Å². The van der Waals surface area contributed by atoms with Crippen LogP contribution in [0, 0.1) is 11.8 Å². The van der Waals surface area contributed by atoms with Gasteiger partial charge in [0, 0.05) is 0 Å². The van der Waals surface area contributed by atoms with Gasteiger partial charge < -0.3 is 0 Å². The second kappa shape index (κ2) is 14.0. The Morgan fingerprint density at radius 1 is 0.404 bits per heavy atom. The summed E-state index contributed by atoms with van der Waals surface area (Å²) in [6, 6.07) is 68.7. The topological polar surface area (TPSA) is 0 Å². The van der Waals surface area contributed by atoms with Crippen molar-refractivity contribution in [3.8, 4) is 0 Å². The molecule has 1 unspecified atom stereocenters. The summed E-state index contributed by atoms with van der Waals surface area (Å²) in [4.78, 5) is 0. The molecule has 236 valence electrons. The zero-order valence-corrected chi connectivity index (χ0v) is 30.1. The Kier molecular flexibility index (Phi) is 9.58. The minimum atomic E-state index is -2.84. The van der Waals surface area contributed by atoms with Crippen LogP contribution in [-0.4, -0.2) is 12.3 Å². The standard InChI is InChI=1S/C44H46P3/c45-47(42-25-13-4-14-26-42,43-27-15-5-16-28-43,44-29-17-6-18-30-44)36-38-33-31-37(32-34-38)35-46(39-19-7-1-8-20-39,40-21-9-2-10-22-40)41-23-11-3-12-24-41/h1-30,37-38H,31-36,45H2/q+1. The van der Waals surface area contributed by atoms with Gasteiger partial charge in [-0.25, -0.2) is 0 Å². The van der Waals surface area contributed by atoms with Gasteiger partial charge in [-0.3, -0.25) is 0 Å². The fourth-order valence-corrected chi connectivity index (χ4v) is 21.1. The molecule has 0 amide bonds. The number of rotatable bonds is 10. The second-order valence-electron chi connectivity index (χ2n) is 13.5. The predicted molar refractivity (Wildman–Crippen MR) is 215 cm³/mol. The van der Waals surface area contributed by atoms with Crippen molar-refractivity contribution in [3.05, 3.63) is 182 Å². The van der Waals surface area contributed by atoms with Crippen LogP contribution < -0.4 is 31.8 Å². The minimum absolute atomic E-state index is 0.667. The van der Waals surface area contributed by atoms with E-state index in [0.29, 0.717) is 11.8 Å². The Bertz CT molecular complexity index is 1640. The SMILES string of the molecule is PP(CC1CCC(C[P+](c2ccccc2)(c2ccccc2)c2ccccc2)CC1)(c1ccccc1)(c1ccccc1)c1ccccc1. The van der Waals surface area contributed by atoms with Crippen molar-refractivity contribution in [3.63, 3.8) is 0 Å². The molecule has 0 aliphatic heterocycles. The molecular formula is C44H46P3+. The van der Waals surface area contributed by atoms with Gasteiger partial charge in [0.15, 0.2) is 0 Å². The molecule has 0 saturated heterocycles. The maximum atomic E-state index is 3.59. The molecule has 1 fully saturated rings. The van der Waals surface area contributed by atoms with Gasteiger partial charge in [-0.2, -0.15) is 0 Å². The van der Waals surface area contributed by atoms with Crippen molar-refractivity contribution in [2.24, 2.45) is 11.8 Å². The zero-order valence-electron chi connectivity index (χ0n) is 27.2.